The van der Waals surface area contributed by atoms with Crippen molar-refractivity contribution in [3.63, 3.8) is 0 Å². The van der Waals surface area contributed by atoms with Gasteiger partial charge in [-0.2, -0.15) is 0 Å². The highest BCUT2D eigenvalue weighted by molar-refractivity contribution is 9.10. The van der Waals surface area contributed by atoms with Crippen molar-refractivity contribution in [3.05, 3.63) is 34.5 Å². The maximum atomic E-state index is 13.1. The number of sulfone groups is 1. The predicted molar refractivity (Wildman–Crippen MR) is 105 cm³/mol. The Labute approximate surface area is 162 Å². The highest BCUT2D eigenvalue weighted by atomic mass is 79.9. The predicted octanol–water partition coefficient (Wildman–Crippen LogP) is 2.78. The highest BCUT2D eigenvalue weighted by Crippen LogP contribution is 2.26. The van der Waals surface area contributed by atoms with Gasteiger partial charge in [0, 0.05) is 22.4 Å². The number of furan rings is 1. The second-order valence-corrected chi connectivity index (χ2v) is 10.1. The van der Waals surface area contributed by atoms with Crippen LogP contribution < -0.4 is 0 Å². The van der Waals surface area contributed by atoms with E-state index in [1.54, 1.807) is 11.0 Å². The second-order valence-electron chi connectivity index (χ2n) is 7.01. The Hall–Kier alpha value is -1.38. The van der Waals surface area contributed by atoms with Crippen molar-refractivity contribution in [1.82, 2.24) is 9.80 Å². The summed E-state index contributed by atoms with van der Waals surface area (Å²) in [7, 11) is 0.882. The lowest BCUT2D eigenvalue weighted by Crippen LogP contribution is -2.42. The molecule has 2 aromatic rings. The minimum atomic E-state index is -3.07. The Kier molecular flexibility index (Phi) is 5.74. The first-order chi connectivity index (χ1) is 12.2. The molecule has 0 aliphatic carbocycles. The zero-order chi connectivity index (χ0) is 18.9. The maximum Gasteiger partial charge on any atom is 0.289 e. The van der Waals surface area contributed by atoms with Crippen molar-refractivity contribution in [2.45, 2.75) is 18.9 Å². The quantitative estimate of drug-likeness (QED) is 0.687. The second kappa shape index (κ2) is 7.70. The Morgan fingerprint density at radius 2 is 2.04 bits per heavy atom. The van der Waals surface area contributed by atoms with Gasteiger partial charge in [-0.05, 0) is 57.7 Å². The normalized spacial score (nSPS) is 19.3. The van der Waals surface area contributed by atoms with E-state index in [0.717, 1.165) is 22.8 Å². The van der Waals surface area contributed by atoms with E-state index in [1.807, 2.05) is 37.2 Å². The molecule has 1 amide bonds. The lowest BCUT2D eigenvalue weighted by atomic mass is 10.2. The summed E-state index contributed by atoms with van der Waals surface area (Å²) in [4.78, 5) is 16.8. The van der Waals surface area contributed by atoms with Gasteiger partial charge in [-0.3, -0.25) is 4.79 Å². The molecule has 6 nitrogen and oxygen atoms in total. The summed E-state index contributed by atoms with van der Waals surface area (Å²) in [5, 5.41) is 0.843. The van der Waals surface area contributed by atoms with E-state index in [1.165, 1.54) is 0 Å². The topological polar surface area (TPSA) is 70.8 Å². The molecule has 2 heterocycles. The molecule has 0 spiro atoms. The Morgan fingerprint density at radius 1 is 1.27 bits per heavy atom. The molecular weight excluding hydrogens is 420 g/mol. The number of benzene rings is 1. The largest absolute Gasteiger partial charge is 0.451 e. The van der Waals surface area contributed by atoms with E-state index < -0.39 is 9.84 Å². The van der Waals surface area contributed by atoms with Gasteiger partial charge < -0.3 is 14.2 Å². The van der Waals surface area contributed by atoms with Crippen molar-refractivity contribution in [1.29, 1.82) is 0 Å². The molecule has 1 saturated heterocycles. The number of carbonyl (C=O) groups excluding carboxylic acids is 1. The van der Waals surface area contributed by atoms with E-state index in [0.29, 0.717) is 18.5 Å². The molecule has 1 atom stereocenters. The molecule has 1 aliphatic heterocycles. The molecule has 3 rings (SSSR count). The monoisotopic (exact) mass is 442 g/mol. The number of hydrogen-bond acceptors (Lipinski definition) is 5. The molecule has 1 aliphatic rings. The molecule has 1 aromatic carbocycles. The summed E-state index contributed by atoms with van der Waals surface area (Å²) >= 11 is 3.41. The third-order valence-corrected chi connectivity index (χ3v) is 6.85. The SMILES string of the molecule is CN(C)CCCN(C(=O)c1cc2cc(Br)ccc2o1)C1CCS(=O)(=O)C1. The summed E-state index contributed by atoms with van der Waals surface area (Å²) in [6.45, 7) is 1.34. The molecule has 1 aromatic heterocycles. The molecule has 0 bridgehead atoms. The summed E-state index contributed by atoms with van der Waals surface area (Å²) in [5.74, 6) is 0.194. The Morgan fingerprint density at radius 3 is 2.69 bits per heavy atom. The van der Waals surface area contributed by atoms with Crippen molar-refractivity contribution in [3.8, 4) is 0 Å². The molecule has 26 heavy (non-hydrogen) atoms. The third-order valence-electron chi connectivity index (χ3n) is 4.60. The third kappa shape index (κ3) is 4.47. The van der Waals surface area contributed by atoms with Crippen molar-refractivity contribution in [2.75, 3.05) is 38.7 Å². The van der Waals surface area contributed by atoms with Gasteiger partial charge in [-0.1, -0.05) is 15.9 Å². The number of fused-ring (bicyclic) bond motifs is 1. The minimum Gasteiger partial charge on any atom is -0.451 e. The molecule has 0 N–H and O–H groups in total. The van der Waals surface area contributed by atoms with Crippen LogP contribution in [-0.4, -0.2) is 68.9 Å². The van der Waals surface area contributed by atoms with Crippen LogP contribution in [0, 0.1) is 0 Å². The first-order valence-electron chi connectivity index (χ1n) is 8.60. The van der Waals surface area contributed by atoms with Crippen LogP contribution in [0.2, 0.25) is 0 Å². The fourth-order valence-electron chi connectivity index (χ4n) is 3.29. The molecule has 1 unspecified atom stereocenters. The zero-order valence-electron chi connectivity index (χ0n) is 14.9. The van der Waals surface area contributed by atoms with E-state index in [4.69, 9.17) is 4.42 Å². The number of rotatable bonds is 6. The van der Waals surface area contributed by atoms with Crippen molar-refractivity contribution < 1.29 is 17.6 Å². The fourth-order valence-corrected chi connectivity index (χ4v) is 5.40. The number of hydrogen-bond donors (Lipinski definition) is 0. The van der Waals surface area contributed by atoms with Crippen molar-refractivity contribution >= 4 is 42.6 Å². The van der Waals surface area contributed by atoms with E-state index >= 15 is 0 Å². The summed E-state index contributed by atoms with van der Waals surface area (Å²) < 4.78 is 30.4. The molecule has 0 saturated carbocycles. The van der Waals surface area contributed by atoms with Gasteiger partial charge in [-0.25, -0.2) is 8.42 Å². The average molecular weight is 443 g/mol. The van der Waals surface area contributed by atoms with Gasteiger partial charge in [0.25, 0.3) is 5.91 Å². The number of amides is 1. The minimum absolute atomic E-state index is 0.0342. The van der Waals surface area contributed by atoms with Gasteiger partial charge >= 0.3 is 0 Å². The number of carbonyl (C=O) groups is 1. The summed E-state index contributed by atoms with van der Waals surface area (Å²) in [6.07, 6.45) is 1.27. The smallest absolute Gasteiger partial charge is 0.289 e. The Bertz CT molecular complexity index is 907. The van der Waals surface area contributed by atoms with E-state index in [2.05, 4.69) is 15.9 Å². The van der Waals surface area contributed by atoms with Crippen LogP contribution in [0.4, 0.5) is 0 Å². The van der Waals surface area contributed by atoms with Crippen LogP contribution in [0.3, 0.4) is 0 Å². The van der Waals surface area contributed by atoms with Crippen LogP contribution in [0.1, 0.15) is 23.4 Å². The van der Waals surface area contributed by atoms with Gasteiger partial charge in [0.05, 0.1) is 11.5 Å². The summed E-state index contributed by atoms with van der Waals surface area (Å²) in [6, 6.07) is 7.01. The lowest BCUT2D eigenvalue weighted by molar-refractivity contribution is 0.0660. The standard InChI is InChI=1S/C18H23BrN2O4S/c1-20(2)7-3-8-21(15-6-9-26(23,24)12-15)18(22)17-11-13-10-14(19)4-5-16(13)25-17/h4-5,10-11,15H,3,6-9,12H2,1-2H3. The first-order valence-corrected chi connectivity index (χ1v) is 11.2. The molecule has 142 valence electrons. The number of nitrogens with zero attached hydrogens (tertiary/aromatic N) is 2. The molecular formula is C18H23BrN2O4S. The highest BCUT2D eigenvalue weighted by Gasteiger charge is 2.35. The van der Waals surface area contributed by atoms with Crippen LogP contribution in [0.25, 0.3) is 11.0 Å². The van der Waals surface area contributed by atoms with Gasteiger partial charge in [0.2, 0.25) is 0 Å². The van der Waals surface area contributed by atoms with Gasteiger partial charge in [0.1, 0.15) is 5.58 Å². The van der Waals surface area contributed by atoms with E-state index in [-0.39, 0.29) is 29.2 Å². The maximum absolute atomic E-state index is 13.1. The molecule has 0 radical (unpaired) electrons. The van der Waals surface area contributed by atoms with Crippen LogP contribution in [0.15, 0.2) is 33.2 Å². The summed E-state index contributed by atoms with van der Waals surface area (Å²) in [5.41, 5.74) is 0.642. The van der Waals surface area contributed by atoms with Crippen LogP contribution >= 0.6 is 15.9 Å². The lowest BCUT2D eigenvalue weighted by Gasteiger charge is -2.28. The molecule has 8 heteroatoms. The van der Waals surface area contributed by atoms with Crippen molar-refractivity contribution in [2.24, 2.45) is 0 Å². The molecule has 1 fully saturated rings. The first kappa shape index (κ1) is 19.4. The van der Waals surface area contributed by atoms with Gasteiger partial charge in [-0.15, -0.1) is 0 Å². The zero-order valence-corrected chi connectivity index (χ0v) is 17.3. The van der Waals surface area contributed by atoms with E-state index in [9.17, 15) is 13.2 Å². The van der Waals surface area contributed by atoms with Gasteiger partial charge in [0.15, 0.2) is 15.6 Å². The van der Waals surface area contributed by atoms with Crippen LogP contribution in [-0.2, 0) is 9.84 Å². The number of halogens is 1. The average Bonchev–Trinajstić information content (AvgIpc) is 3.13. The Balaban J connectivity index is 1.84. The van der Waals surface area contributed by atoms with Crippen LogP contribution in [0.5, 0.6) is 0 Å². The fraction of sp³-hybridized carbons (Fsp3) is 0.500.